The summed E-state index contributed by atoms with van der Waals surface area (Å²) >= 11 is 0. The van der Waals surface area contributed by atoms with Crippen molar-refractivity contribution in [2.24, 2.45) is 0 Å². The molecule has 0 aromatic heterocycles. The quantitative estimate of drug-likeness (QED) is 0.347. The summed E-state index contributed by atoms with van der Waals surface area (Å²) in [6, 6.07) is 18.8. The molecule has 2 N–H and O–H groups in total. The first-order valence-electron chi connectivity index (χ1n) is 11.3. The number of rotatable bonds is 12. The number of methoxy groups -OCH3 is 3. The predicted molar refractivity (Wildman–Crippen MR) is 140 cm³/mol. The van der Waals surface area contributed by atoms with E-state index < -0.39 is 28.4 Å². The smallest absolute Gasteiger partial charge is 0.264 e. The van der Waals surface area contributed by atoms with Gasteiger partial charge in [0.05, 0.1) is 42.7 Å². The second-order valence-electron chi connectivity index (χ2n) is 7.70. The molecule has 10 nitrogen and oxygen atoms in total. The summed E-state index contributed by atoms with van der Waals surface area (Å²) in [5.41, 5.74) is 0.652. The van der Waals surface area contributed by atoms with E-state index in [-0.39, 0.29) is 27.6 Å². The normalized spacial score (nSPS) is 10.9. The van der Waals surface area contributed by atoms with Crippen molar-refractivity contribution in [3.8, 4) is 11.5 Å². The number of nitrogens with one attached hydrogen (secondary N) is 2. The van der Waals surface area contributed by atoms with E-state index >= 15 is 0 Å². The minimum absolute atomic E-state index is 0.0371. The number of hydrogen-bond acceptors (Lipinski definition) is 7. The molecule has 0 aliphatic heterocycles. The molecule has 0 spiro atoms. The predicted octanol–water partition coefficient (Wildman–Crippen LogP) is 2.91. The van der Waals surface area contributed by atoms with E-state index in [1.807, 2.05) is 0 Å². The number of ether oxygens (including phenoxy) is 3. The molecular weight excluding hydrogens is 498 g/mol. The van der Waals surface area contributed by atoms with Crippen molar-refractivity contribution >= 4 is 33.2 Å². The van der Waals surface area contributed by atoms with Crippen LogP contribution in [0.15, 0.2) is 77.7 Å². The molecule has 0 saturated carbocycles. The zero-order chi connectivity index (χ0) is 26.8. The first-order valence-corrected chi connectivity index (χ1v) is 12.7. The molecule has 0 heterocycles. The SMILES string of the molecule is COCCNC(=O)c1ccccc1NC(=O)CN(c1ccccc1OC)S(=O)(=O)c1ccc(OC)cc1. The van der Waals surface area contributed by atoms with E-state index in [9.17, 15) is 18.0 Å². The molecule has 0 unspecified atom stereocenters. The highest BCUT2D eigenvalue weighted by atomic mass is 32.2. The van der Waals surface area contributed by atoms with Crippen molar-refractivity contribution in [2.75, 3.05) is 50.6 Å². The number of anilines is 2. The first kappa shape index (κ1) is 27.5. The van der Waals surface area contributed by atoms with Gasteiger partial charge in [0.2, 0.25) is 5.91 Å². The van der Waals surface area contributed by atoms with E-state index in [2.05, 4.69) is 10.6 Å². The molecule has 0 bridgehead atoms. The van der Waals surface area contributed by atoms with Gasteiger partial charge in [-0.15, -0.1) is 0 Å². The van der Waals surface area contributed by atoms with E-state index in [0.29, 0.717) is 18.9 Å². The number of amides is 2. The molecule has 0 atom stereocenters. The number of hydrogen-bond donors (Lipinski definition) is 2. The lowest BCUT2D eigenvalue weighted by molar-refractivity contribution is -0.114. The highest BCUT2D eigenvalue weighted by Crippen LogP contribution is 2.32. The maximum atomic E-state index is 13.7. The fourth-order valence-electron chi connectivity index (χ4n) is 3.48. The number of benzene rings is 3. The summed E-state index contributed by atoms with van der Waals surface area (Å²) < 4.78 is 43.8. The molecule has 196 valence electrons. The van der Waals surface area contributed by atoms with Gasteiger partial charge in [0.25, 0.3) is 15.9 Å². The summed E-state index contributed by atoms with van der Waals surface area (Å²) in [7, 11) is 0.214. The Morgan fingerprint density at radius 1 is 0.865 bits per heavy atom. The van der Waals surface area contributed by atoms with Gasteiger partial charge in [0.1, 0.15) is 18.0 Å². The van der Waals surface area contributed by atoms with Crippen LogP contribution in [-0.4, -0.2) is 61.3 Å². The van der Waals surface area contributed by atoms with Crippen LogP contribution in [0.1, 0.15) is 10.4 Å². The second kappa shape index (κ2) is 12.7. The van der Waals surface area contributed by atoms with Gasteiger partial charge in [-0.1, -0.05) is 24.3 Å². The summed E-state index contributed by atoms with van der Waals surface area (Å²) in [4.78, 5) is 25.7. The van der Waals surface area contributed by atoms with Gasteiger partial charge in [0, 0.05) is 13.7 Å². The third-order valence-electron chi connectivity index (χ3n) is 5.33. The van der Waals surface area contributed by atoms with Crippen molar-refractivity contribution in [3.05, 3.63) is 78.4 Å². The van der Waals surface area contributed by atoms with Gasteiger partial charge in [-0.2, -0.15) is 0 Å². The standard InChI is InChI=1S/C26H29N3O7S/c1-34-17-16-27-26(31)21-8-4-5-9-22(21)28-25(30)18-29(23-10-6-7-11-24(23)36-3)37(32,33)20-14-12-19(35-2)13-15-20/h4-15H,16-18H2,1-3H3,(H,27,31)(H,28,30). The van der Waals surface area contributed by atoms with Crippen molar-refractivity contribution in [2.45, 2.75) is 4.90 Å². The van der Waals surface area contributed by atoms with Gasteiger partial charge in [-0.25, -0.2) is 8.42 Å². The summed E-state index contributed by atoms with van der Waals surface area (Å²) in [5, 5.41) is 5.37. The van der Waals surface area contributed by atoms with Crippen LogP contribution < -0.4 is 24.4 Å². The van der Waals surface area contributed by atoms with E-state index in [4.69, 9.17) is 14.2 Å². The maximum absolute atomic E-state index is 13.7. The zero-order valence-corrected chi connectivity index (χ0v) is 21.6. The molecule has 0 radical (unpaired) electrons. The summed E-state index contributed by atoms with van der Waals surface area (Å²) in [6.07, 6.45) is 0. The fourth-order valence-corrected chi connectivity index (χ4v) is 4.91. The van der Waals surface area contributed by atoms with Gasteiger partial charge in [-0.3, -0.25) is 13.9 Å². The molecular formula is C26H29N3O7S. The number of carbonyl (C=O) groups excluding carboxylic acids is 2. The van der Waals surface area contributed by atoms with E-state index in [1.54, 1.807) is 48.5 Å². The minimum atomic E-state index is -4.20. The Bertz CT molecular complexity index is 1330. The summed E-state index contributed by atoms with van der Waals surface area (Å²) in [5.74, 6) is -0.299. The van der Waals surface area contributed by atoms with Crippen LogP contribution in [0, 0.1) is 0 Å². The maximum Gasteiger partial charge on any atom is 0.264 e. The van der Waals surface area contributed by atoms with Crippen LogP contribution in [0.2, 0.25) is 0 Å². The van der Waals surface area contributed by atoms with Gasteiger partial charge in [-0.05, 0) is 48.5 Å². The molecule has 0 aliphatic rings. The Morgan fingerprint density at radius 3 is 2.22 bits per heavy atom. The molecule has 3 rings (SSSR count). The van der Waals surface area contributed by atoms with E-state index in [0.717, 1.165) is 4.31 Å². The molecule has 11 heteroatoms. The monoisotopic (exact) mass is 527 g/mol. The average Bonchev–Trinajstić information content (AvgIpc) is 2.92. The lowest BCUT2D eigenvalue weighted by atomic mass is 10.1. The van der Waals surface area contributed by atoms with Crippen molar-refractivity contribution in [3.63, 3.8) is 0 Å². The molecule has 2 amide bonds. The zero-order valence-electron chi connectivity index (χ0n) is 20.8. The molecule has 3 aromatic carbocycles. The topological polar surface area (TPSA) is 123 Å². The Labute approximate surface area is 216 Å². The van der Waals surface area contributed by atoms with Crippen molar-refractivity contribution < 1.29 is 32.2 Å². The summed E-state index contributed by atoms with van der Waals surface area (Å²) in [6.45, 7) is 0.0466. The van der Waals surface area contributed by atoms with Crippen molar-refractivity contribution in [1.29, 1.82) is 0 Å². The third kappa shape index (κ3) is 6.78. The number of para-hydroxylation sites is 3. The van der Waals surface area contributed by atoms with Crippen molar-refractivity contribution in [1.82, 2.24) is 5.32 Å². The van der Waals surface area contributed by atoms with E-state index in [1.165, 1.54) is 45.6 Å². The first-order chi connectivity index (χ1) is 17.8. The van der Waals surface area contributed by atoms with Crippen LogP contribution in [0.5, 0.6) is 11.5 Å². The average molecular weight is 528 g/mol. The molecule has 0 saturated heterocycles. The Kier molecular flexibility index (Phi) is 9.47. The Balaban J connectivity index is 1.93. The van der Waals surface area contributed by atoms with Gasteiger partial charge < -0.3 is 24.8 Å². The van der Waals surface area contributed by atoms with Crippen LogP contribution in [0.25, 0.3) is 0 Å². The Morgan fingerprint density at radius 2 is 1.54 bits per heavy atom. The molecule has 0 aliphatic carbocycles. The highest BCUT2D eigenvalue weighted by Gasteiger charge is 2.29. The highest BCUT2D eigenvalue weighted by molar-refractivity contribution is 7.92. The number of carbonyl (C=O) groups is 2. The lowest BCUT2D eigenvalue weighted by Crippen LogP contribution is -2.38. The number of sulfonamides is 1. The second-order valence-corrected chi connectivity index (χ2v) is 9.56. The molecule has 3 aromatic rings. The molecule has 0 fully saturated rings. The fraction of sp³-hybridized carbons (Fsp3) is 0.231. The van der Waals surface area contributed by atoms with Crippen LogP contribution in [0.4, 0.5) is 11.4 Å². The largest absolute Gasteiger partial charge is 0.497 e. The van der Waals surface area contributed by atoms with Gasteiger partial charge >= 0.3 is 0 Å². The Hall–Kier alpha value is -4.09. The van der Waals surface area contributed by atoms with Crippen LogP contribution >= 0.6 is 0 Å². The van der Waals surface area contributed by atoms with Gasteiger partial charge in [0.15, 0.2) is 0 Å². The van der Waals surface area contributed by atoms with Crippen LogP contribution in [-0.2, 0) is 19.6 Å². The minimum Gasteiger partial charge on any atom is -0.497 e. The molecule has 37 heavy (non-hydrogen) atoms. The number of nitrogens with zero attached hydrogens (tertiary/aromatic N) is 1. The lowest BCUT2D eigenvalue weighted by Gasteiger charge is -2.26. The van der Waals surface area contributed by atoms with Crippen LogP contribution in [0.3, 0.4) is 0 Å². The third-order valence-corrected chi connectivity index (χ3v) is 7.10.